The highest BCUT2D eigenvalue weighted by molar-refractivity contribution is 6.17. The van der Waals surface area contributed by atoms with Gasteiger partial charge in [-0.3, -0.25) is 0 Å². The molecule has 0 atom stereocenters. The molecule has 0 N–H and O–H groups in total. The summed E-state index contributed by atoms with van der Waals surface area (Å²) < 4.78 is 24.4. The lowest BCUT2D eigenvalue weighted by atomic mass is 10.2. The number of ether oxygens (including phenoxy) is 2. The summed E-state index contributed by atoms with van der Waals surface area (Å²) >= 11 is 5.63. The van der Waals surface area contributed by atoms with E-state index >= 15 is 0 Å². The van der Waals surface area contributed by atoms with Crippen LogP contribution >= 0.6 is 11.6 Å². The maximum absolute atomic E-state index is 13.9. The van der Waals surface area contributed by atoms with Gasteiger partial charge in [0, 0.05) is 18.9 Å². The average Bonchev–Trinajstić information content (AvgIpc) is 2.42. The fourth-order valence-corrected chi connectivity index (χ4v) is 1.82. The Morgan fingerprint density at radius 3 is 2.89 bits per heavy atom. The van der Waals surface area contributed by atoms with Crippen molar-refractivity contribution in [3.8, 4) is 11.6 Å². The SMILES string of the molecule is COCc1cccc(Oc2nccc(CCl)c2F)c1. The quantitative estimate of drug-likeness (QED) is 0.779. The predicted octanol–water partition coefficient (Wildman–Crippen LogP) is 3.90. The van der Waals surface area contributed by atoms with Gasteiger partial charge in [-0.1, -0.05) is 12.1 Å². The highest BCUT2D eigenvalue weighted by atomic mass is 35.5. The number of methoxy groups -OCH3 is 1. The lowest BCUT2D eigenvalue weighted by Crippen LogP contribution is -1.96. The van der Waals surface area contributed by atoms with Crippen LogP contribution in [0.15, 0.2) is 36.5 Å². The summed E-state index contributed by atoms with van der Waals surface area (Å²) in [6.45, 7) is 0.467. The third-order valence-electron chi connectivity index (χ3n) is 2.51. The number of hydrogen-bond donors (Lipinski definition) is 0. The maximum atomic E-state index is 13.9. The minimum Gasteiger partial charge on any atom is -0.436 e. The third kappa shape index (κ3) is 3.43. The summed E-state index contributed by atoms with van der Waals surface area (Å²) in [6, 6.07) is 8.74. The lowest BCUT2D eigenvalue weighted by molar-refractivity contribution is 0.184. The minimum absolute atomic E-state index is 0.0762. The van der Waals surface area contributed by atoms with E-state index in [9.17, 15) is 4.39 Å². The van der Waals surface area contributed by atoms with Crippen LogP contribution < -0.4 is 4.74 Å². The Morgan fingerprint density at radius 1 is 1.32 bits per heavy atom. The van der Waals surface area contributed by atoms with Crippen molar-refractivity contribution in [1.29, 1.82) is 0 Å². The number of rotatable bonds is 5. The van der Waals surface area contributed by atoms with Crippen molar-refractivity contribution in [2.45, 2.75) is 12.5 Å². The second-order valence-electron chi connectivity index (χ2n) is 3.91. The molecular weight excluding hydrogens is 269 g/mol. The molecule has 0 saturated heterocycles. The fraction of sp³-hybridized carbons (Fsp3) is 0.214. The molecule has 3 nitrogen and oxygen atoms in total. The molecule has 0 bridgehead atoms. The van der Waals surface area contributed by atoms with Gasteiger partial charge in [-0.15, -0.1) is 11.6 Å². The first-order valence-electron chi connectivity index (χ1n) is 5.69. The summed E-state index contributed by atoms with van der Waals surface area (Å²) in [5.41, 5.74) is 1.30. The van der Waals surface area contributed by atoms with Crippen LogP contribution in [-0.4, -0.2) is 12.1 Å². The molecule has 0 spiro atoms. The van der Waals surface area contributed by atoms with E-state index in [0.29, 0.717) is 17.9 Å². The van der Waals surface area contributed by atoms with Gasteiger partial charge in [-0.2, -0.15) is 0 Å². The zero-order chi connectivity index (χ0) is 13.7. The van der Waals surface area contributed by atoms with Crippen molar-refractivity contribution in [2.24, 2.45) is 0 Å². The van der Waals surface area contributed by atoms with Gasteiger partial charge in [-0.25, -0.2) is 9.37 Å². The van der Waals surface area contributed by atoms with E-state index in [2.05, 4.69) is 4.98 Å². The predicted molar refractivity (Wildman–Crippen MR) is 71.0 cm³/mol. The lowest BCUT2D eigenvalue weighted by Gasteiger charge is -2.08. The Bertz CT molecular complexity index is 563. The van der Waals surface area contributed by atoms with Crippen LogP contribution in [0.4, 0.5) is 4.39 Å². The van der Waals surface area contributed by atoms with E-state index < -0.39 is 5.82 Å². The maximum Gasteiger partial charge on any atom is 0.256 e. The monoisotopic (exact) mass is 281 g/mol. The van der Waals surface area contributed by atoms with E-state index in [1.807, 2.05) is 12.1 Å². The molecule has 2 rings (SSSR count). The molecule has 0 aliphatic carbocycles. The summed E-state index contributed by atoms with van der Waals surface area (Å²) in [5, 5.41) is 0. The van der Waals surface area contributed by atoms with Crippen molar-refractivity contribution < 1.29 is 13.9 Å². The van der Waals surface area contributed by atoms with Crippen LogP contribution in [-0.2, 0) is 17.2 Å². The Hall–Kier alpha value is -1.65. The second-order valence-corrected chi connectivity index (χ2v) is 4.17. The number of alkyl halides is 1. The van der Waals surface area contributed by atoms with Gasteiger partial charge < -0.3 is 9.47 Å². The van der Waals surface area contributed by atoms with Crippen LogP contribution in [0.2, 0.25) is 0 Å². The molecule has 5 heteroatoms. The van der Waals surface area contributed by atoms with Gasteiger partial charge in [0.1, 0.15) is 5.75 Å². The number of pyridine rings is 1. The van der Waals surface area contributed by atoms with Gasteiger partial charge in [0.25, 0.3) is 5.88 Å². The molecule has 0 amide bonds. The molecular formula is C14H13ClFNO2. The Morgan fingerprint density at radius 2 is 2.16 bits per heavy atom. The van der Waals surface area contributed by atoms with Gasteiger partial charge in [0.05, 0.1) is 12.5 Å². The Labute approximate surface area is 115 Å². The third-order valence-corrected chi connectivity index (χ3v) is 2.79. The van der Waals surface area contributed by atoms with Gasteiger partial charge in [0.15, 0.2) is 5.82 Å². The molecule has 19 heavy (non-hydrogen) atoms. The van der Waals surface area contributed by atoms with Gasteiger partial charge in [0.2, 0.25) is 0 Å². The number of nitrogens with zero attached hydrogens (tertiary/aromatic N) is 1. The molecule has 0 unspecified atom stereocenters. The number of halogens is 2. The molecule has 1 aromatic heterocycles. The highest BCUT2D eigenvalue weighted by Gasteiger charge is 2.11. The van der Waals surface area contributed by atoms with Crippen molar-refractivity contribution in [3.63, 3.8) is 0 Å². The van der Waals surface area contributed by atoms with E-state index in [-0.39, 0.29) is 11.8 Å². The molecule has 1 heterocycles. The molecule has 0 fully saturated rings. The van der Waals surface area contributed by atoms with Crippen LogP contribution in [0.3, 0.4) is 0 Å². The zero-order valence-corrected chi connectivity index (χ0v) is 11.2. The van der Waals surface area contributed by atoms with Crippen LogP contribution in [0.5, 0.6) is 11.6 Å². The minimum atomic E-state index is -0.533. The van der Waals surface area contributed by atoms with Crippen LogP contribution in [0.25, 0.3) is 0 Å². The topological polar surface area (TPSA) is 31.4 Å². The number of hydrogen-bond acceptors (Lipinski definition) is 3. The molecule has 0 aliphatic rings. The van der Waals surface area contributed by atoms with E-state index in [1.54, 1.807) is 19.2 Å². The summed E-state index contributed by atoms with van der Waals surface area (Å²) in [6.07, 6.45) is 1.47. The molecule has 100 valence electrons. The largest absolute Gasteiger partial charge is 0.436 e. The van der Waals surface area contributed by atoms with Crippen LogP contribution in [0.1, 0.15) is 11.1 Å². The van der Waals surface area contributed by atoms with Crippen molar-refractivity contribution in [1.82, 2.24) is 4.98 Å². The first-order valence-corrected chi connectivity index (χ1v) is 6.23. The summed E-state index contributed by atoms with van der Waals surface area (Å²) in [5.74, 6) is -0.0240. The first-order chi connectivity index (χ1) is 9.24. The van der Waals surface area contributed by atoms with E-state index in [0.717, 1.165) is 5.56 Å². The Balaban J connectivity index is 2.23. The normalized spacial score (nSPS) is 10.5. The van der Waals surface area contributed by atoms with Gasteiger partial charge in [-0.05, 0) is 23.8 Å². The molecule has 1 aromatic carbocycles. The Kier molecular flexibility index (Phi) is 4.71. The van der Waals surface area contributed by atoms with Crippen molar-refractivity contribution >= 4 is 11.6 Å². The first kappa shape index (κ1) is 13.8. The zero-order valence-electron chi connectivity index (χ0n) is 10.4. The highest BCUT2D eigenvalue weighted by Crippen LogP contribution is 2.25. The van der Waals surface area contributed by atoms with Crippen LogP contribution in [0, 0.1) is 5.82 Å². The van der Waals surface area contributed by atoms with Gasteiger partial charge >= 0.3 is 0 Å². The van der Waals surface area contributed by atoms with Crippen molar-refractivity contribution in [2.75, 3.05) is 7.11 Å². The molecule has 0 aliphatic heterocycles. The number of benzene rings is 1. The smallest absolute Gasteiger partial charge is 0.256 e. The van der Waals surface area contributed by atoms with E-state index in [1.165, 1.54) is 12.3 Å². The molecule has 0 saturated carbocycles. The average molecular weight is 282 g/mol. The number of aromatic nitrogens is 1. The summed E-state index contributed by atoms with van der Waals surface area (Å²) in [7, 11) is 1.61. The summed E-state index contributed by atoms with van der Waals surface area (Å²) in [4.78, 5) is 3.87. The second kappa shape index (κ2) is 6.50. The molecule has 0 radical (unpaired) electrons. The van der Waals surface area contributed by atoms with Crippen molar-refractivity contribution in [3.05, 3.63) is 53.5 Å². The standard InChI is InChI=1S/C14H13ClFNO2/c1-18-9-10-3-2-4-12(7-10)19-14-13(16)11(8-15)5-6-17-14/h2-7H,8-9H2,1H3. The van der Waals surface area contributed by atoms with E-state index in [4.69, 9.17) is 21.1 Å². The molecule has 2 aromatic rings. The fourth-order valence-electron chi connectivity index (χ4n) is 1.61.